The minimum atomic E-state index is -0.800. The van der Waals surface area contributed by atoms with E-state index in [1.807, 2.05) is 0 Å². The minimum absolute atomic E-state index is 0.0892. The third kappa shape index (κ3) is 4.00. The molecule has 4 unspecified atom stereocenters. The van der Waals surface area contributed by atoms with E-state index in [0.29, 0.717) is 6.42 Å². The molecule has 0 aromatic carbocycles. The quantitative estimate of drug-likeness (QED) is 0.460. The Kier molecular flexibility index (Phi) is 5.47. The first-order valence-electron chi connectivity index (χ1n) is 8.64. The normalized spacial score (nSPS) is 35.8. The Bertz CT molecular complexity index is 433. The molecule has 0 radical (unpaired) electrons. The van der Waals surface area contributed by atoms with Crippen LogP contribution in [-0.4, -0.2) is 59.9 Å². The Morgan fingerprint density at radius 1 is 1.09 bits per heavy atom. The number of carboxylic acid groups (broad SMARTS) is 1. The van der Waals surface area contributed by atoms with Crippen LogP contribution in [0.4, 0.5) is 0 Å². The van der Waals surface area contributed by atoms with Crippen LogP contribution in [0.1, 0.15) is 38.5 Å². The van der Waals surface area contributed by atoms with E-state index in [0.717, 1.165) is 51.9 Å². The molecular formula is C15H27N5O3. The second-order valence-corrected chi connectivity index (χ2v) is 6.75. The highest BCUT2D eigenvalue weighted by Crippen LogP contribution is 2.25. The van der Waals surface area contributed by atoms with Gasteiger partial charge in [0.15, 0.2) is 0 Å². The number of amides is 1. The molecular weight excluding hydrogens is 298 g/mol. The zero-order chi connectivity index (χ0) is 16.2. The molecule has 0 bridgehead atoms. The van der Waals surface area contributed by atoms with E-state index in [-0.39, 0.29) is 24.2 Å². The Hall–Kier alpha value is -1.22. The van der Waals surface area contributed by atoms with Gasteiger partial charge in [0.1, 0.15) is 6.04 Å². The summed E-state index contributed by atoms with van der Waals surface area (Å²) in [6, 6.07) is -0.533. The first kappa shape index (κ1) is 16.6. The molecule has 5 N–H and O–H groups in total. The lowest BCUT2D eigenvalue weighted by molar-refractivity contribution is -0.144. The van der Waals surface area contributed by atoms with Crippen molar-refractivity contribution in [1.29, 1.82) is 0 Å². The first-order chi connectivity index (χ1) is 11.1. The maximum Gasteiger partial charge on any atom is 0.308 e. The maximum atomic E-state index is 12.4. The topological polar surface area (TPSA) is 106 Å². The van der Waals surface area contributed by atoms with Gasteiger partial charge >= 0.3 is 5.97 Å². The van der Waals surface area contributed by atoms with Crippen molar-refractivity contribution in [2.45, 2.75) is 56.8 Å². The van der Waals surface area contributed by atoms with Crippen LogP contribution in [-0.2, 0) is 9.59 Å². The van der Waals surface area contributed by atoms with E-state index < -0.39 is 11.9 Å². The molecule has 3 rings (SSSR count). The molecule has 2 aliphatic heterocycles. The Balaban J connectivity index is 1.48. The molecule has 8 heteroatoms. The largest absolute Gasteiger partial charge is 0.481 e. The van der Waals surface area contributed by atoms with Crippen molar-refractivity contribution in [1.82, 2.24) is 26.4 Å². The van der Waals surface area contributed by atoms with Crippen LogP contribution < -0.4 is 21.5 Å². The van der Waals surface area contributed by atoms with E-state index in [1.165, 1.54) is 0 Å². The molecule has 3 aliphatic rings. The highest BCUT2D eigenvalue weighted by molar-refractivity contribution is 5.83. The van der Waals surface area contributed by atoms with Crippen molar-refractivity contribution in [3.05, 3.63) is 0 Å². The first-order valence-corrected chi connectivity index (χ1v) is 8.64. The molecule has 8 nitrogen and oxygen atoms in total. The van der Waals surface area contributed by atoms with Crippen LogP contribution in [0.25, 0.3) is 0 Å². The predicted octanol–water partition coefficient (Wildman–Crippen LogP) is -0.809. The highest BCUT2D eigenvalue weighted by Gasteiger charge is 2.35. The van der Waals surface area contributed by atoms with Crippen LogP contribution in [0.5, 0.6) is 0 Å². The zero-order valence-electron chi connectivity index (χ0n) is 13.4. The predicted molar refractivity (Wildman–Crippen MR) is 84.2 cm³/mol. The second kappa shape index (κ2) is 7.57. The fourth-order valence-corrected chi connectivity index (χ4v) is 3.81. The molecule has 0 aromatic rings. The second-order valence-electron chi connectivity index (χ2n) is 6.75. The van der Waals surface area contributed by atoms with E-state index in [9.17, 15) is 14.7 Å². The molecule has 3 fully saturated rings. The summed E-state index contributed by atoms with van der Waals surface area (Å²) >= 11 is 0. The van der Waals surface area contributed by atoms with Crippen molar-refractivity contribution in [2.75, 3.05) is 19.8 Å². The molecule has 4 atom stereocenters. The Morgan fingerprint density at radius 2 is 1.91 bits per heavy atom. The van der Waals surface area contributed by atoms with Gasteiger partial charge in [-0.2, -0.15) is 0 Å². The lowest BCUT2D eigenvalue weighted by Gasteiger charge is -2.36. The molecule has 2 saturated heterocycles. The summed E-state index contributed by atoms with van der Waals surface area (Å²) in [5, 5.41) is 15.5. The molecule has 1 aliphatic carbocycles. The number of carboxylic acids is 1. The summed E-state index contributed by atoms with van der Waals surface area (Å²) in [5.74, 6) is -1.34. The monoisotopic (exact) mass is 325 g/mol. The number of aliphatic carboxylic acids is 1. The van der Waals surface area contributed by atoms with Crippen LogP contribution in [0.15, 0.2) is 0 Å². The Morgan fingerprint density at radius 3 is 2.57 bits per heavy atom. The fraction of sp³-hybridized carbons (Fsp3) is 0.867. The van der Waals surface area contributed by atoms with Gasteiger partial charge in [-0.25, -0.2) is 10.9 Å². The fourth-order valence-electron chi connectivity index (χ4n) is 3.81. The summed E-state index contributed by atoms with van der Waals surface area (Å²) in [6.45, 7) is 2.89. The number of hydrogen-bond donors (Lipinski definition) is 5. The molecule has 1 saturated carbocycles. The standard InChI is InChI=1S/C15H27N5O3/c21-14(17-11-4-2-1-3-10(11)15(22)23)12-5-6-13(19-18-12)20-8-7-16-9-20/h10-13,16,18-19H,1-9H2,(H,17,21)(H,22,23). The van der Waals surface area contributed by atoms with Gasteiger partial charge in [0.2, 0.25) is 5.91 Å². The van der Waals surface area contributed by atoms with Gasteiger partial charge in [-0.15, -0.1) is 0 Å². The SMILES string of the molecule is O=C(NC1CCCCC1C(=O)O)C1CCC(N2CCNC2)NN1. The van der Waals surface area contributed by atoms with Gasteiger partial charge < -0.3 is 15.7 Å². The summed E-state index contributed by atoms with van der Waals surface area (Å²) in [4.78, 5) is 26.1. The smallest absolute Gasteiger partial charge is 0.308 e. The van der Waals surface area contributed by atoms with Crippen molar-refractivity contribution in [2.24, 2.45) is 5.92 Å². The number of hydrogen-bond acceptors (Lipinski definition) is 6. The number of hydrazine groups is 1. The van der Waals surface area contributed by atoms with Crippen molar-refractivity contribution in [3.8, 4) is 0 Å². The third-order valence-electron chi connectivity index (χ3n) is 5.21. The van der Waals surface area contributed by atoms with Crippen molar-refractivity contribution >= 4 is 11.9 Å². The molecule has 23 heavy (non-hydrogen) atoms. The van der Waals surface area contributed by atoms with Gasteiger partial charge in [0.05, 0.1) is 12.1 Å². The van der Waals surface area contributed by atoms with Crippen LogP contribution in [0, 0.1) is 5.92 Å². The number of nitrogens with one attached hydrogen (secondary N) is 4. The van der Waals surface area contributed by atoms with E-state index >= 15 is 0 Å². The number of carbonyl (C=O) groups is 2. The number of nitrogens with zero attached hydrogens (tertiary/aromatic N) is 1. The van der Waals surface area contributed by atoms with Crippen LogP contribution in [0.3, 0.4) is 0 Å². The van der Waals surface area contributed by atoms with Crippen molar-refractivity contribution < 1.29 is 14.7 Å². The maximum absolute atomic E-state index is 12.4. The van der Waals surface area contributed by atoms with E-state index in [4.69, 9.17) is 0 Å². The number of carbonyl (C=O) groups excluding carboxylic acids is 1. The summed E-state index contributed by atoms with van der Waals surface area (Å²) < 4.78 is 0. The van der Waals surface area contributed by atoms with Gasteiger partial charge in [-0.1, -0.05) is 12.8 Å². The highest BCUT2D eigenvalue weighted by atomic mass is 16.4. The molecule has 0 spiro atoms. The summed E-state index contributed by atoms with van der Waals surface area (Å²) in [5.41, 5.74) is 6.32. The van der Waals surface area contributed by atoms with Gasteiger partial charge in [-0.05, 0) is 25.7 Å². The van der Waals surface area contributed by atoms with Gasteiger partial charge in [0.25, 0.3) is 0 Å². The molecule has 2 heterocycles. The molecule has 130 valence electrons. The lowest BCUT2D eigenvalue weighted by Crippen LogP contribution is -2.62. The van der Waals surface area contributed by atoms with Crippen LogP contribution >= 0.6 is 0 Å². The molecule has 0 aromatic heterocycles. The Labute approximate surface area is 136 Å². The lowest BCUT2D eigenvalue weighted by atomic mass is 9.84. The third-order valence-corrected chi connectivity index (χ3v) is 5.21. The minimum Gasteiger partial charge on any atom is -0.481 e. The molecule has 1 amide bonds. The summed E-state index contributed by atoms with van der Waals surface area (Å²) in [7, 11) is 0. The van der Waals surface area contributed by atoms with E-state index in [2.05, 4.69) is 26.4 Å². The zero-order valence-corrected chi connectivity index (χ0v) is 13.4. The van der Waals surface area contributed by atoms with Gasteiger partial charge in [0, 0.05) is 25.8 Å². The van der Waals surface area contributed by atoms with Crippen molar-refractivity contribution in [3.63, 3.8) is 0 Å². The average molecular weight is 325 g/mol. The van der Waals surface area contributed by atoms with E-state index in [1.54, 1.807) is 0 Å². The number of rotatable bonds is 4. The van der Waals surface area contributed by atoms with Gasteiger partial charge in [-0.3, -0.25) is 14.5 Å². The summed E-state index contributed by atoms with van der Waals surface area (Å²) in [6.07, 6.45) is 5.22. The average Bonchev–Trinajstić information content (AvgIpc) is 3.10. The van der Waals surface area contributed by atoms with Crippen LogP contribution in [0.2, 0.25) is 0 Å².